The van der Waals surface area contributed by atoms with E-state index in [1.807, 2.05) is 0 Å². The SMILES string of the molecule is Cc1ccc2c(c1)CCCN2CC(=O)N(C)CC(=O)N(C)C. The van der Waals surface area contributed by atoms with Gasteiger partial charge in [0, 0.05) is 33.4 Å². The van der Waals surface area contributed by atoms with Crippen LogP contribution in [0.3, 0.4) is 0 Å². The molecule has 1 aliphatic heterocycles. The summed E-state index contributed by atoms with van der Waals surface area (Å²) in [7, 11) is 5.08. The lowest BCUT2D eigenvalue weighted by Crippen LogP contribution is -2.44. The molecule has 0 fully saturated rings. The number of carbonyl (C=O) groups is 2. The third-order valence-corrected chi connectivity index (χ3v) is 4.07. The number of hydrogen-bond donors (Lipinski definition) is 0. The van der Waals surface area contributed by atoms with Crippen LogP contribution in [-0.4, -0.2) is 62.4 Å². The highest BCUT2D eigenvalue weighted by molar-refractivity contribution is 5.87. The van der Waals surface area contributed by atoms with Crippen LogP contribution in [0.2, 0.25) is 0 Å². The molecule has 0 aliphatic carbocycles. The molecule has 22 heavy (non-hydrogen) atoms. The molecule has 0 saturated heterocycles. The maximum atomic E-state index is 12.4. The molecule has 0 saturated carbocycles. The number of hydrogen-bond acceptors (Lipinski definition) is 3. The first-order valence-corrected chi connectivity index (χ1v) is 7.67. The summed E-state index contributed by atoms with van der Waals surface area (Å²) >= 11 is 0. The van der Waals surface area contributed by atoms with Gasteiger partial charge in [-0.3, -0.25) is 9.59 Å². The van der Waals surface area contributed by atoms with Gasteiger partial charge in [0.25, 0.3) is 0 Å². The zero-order chi connectivity index (χ0) is 16.3. The third kappa shape index (κ3) is 3.78. The molecule has 0 unspecified atom stereocenters. The molecule has 5 heteroatoms. The molecule has 2 amide bonds. The number of rotatable bonds is 4. The van der Waals surface area contributed by atoms with Gasteiger partial charge in [0.1, 0.15) is 0 Å². The standard InChI is InChI=1S/C17H25N3O2/c1-13-7-8-15-14(10-13)6-5-9-20(15)12-17(22)19(4)11-16(21)18(2)3/h7-8,10H,5-6,9,11-12H2,1-4H3. The lowest BCUT2D eigenvalue weighted by molar-refractivity contribution is -0.137. The average Bonchev–Trinajstić information content (AvgIpc) is 2.46. The Hall–Kier alpha value is -2.04. The molecule has 5 nitrogen and oxygen atoms in total. The summed E-state index contributed by atoms with van der Waals surface area (Å²) < 4.78 is 0. The lowest BCUT2D eigenvalue weighted by Gasteiger charge is -2.32. The van der Waals surface area contributed by atoms with E-state index >= 15 is 0 Å². The van der Waals surface area contributed by atoms with E-state index in [0.29, 0.717) is 6.54 Å². The normalized spacial score (nSPS) is 13.5. The predicted molar refractivity (Wildman–Crippen MR) is 88.0 cm³/mol. The zero-order valence-corrected chi connectivity index (χ0v) is 13.9. The van der Waals surface area contributed by atoms with Crippen molar-refractivity contribution in [3.05, 3.63) is 29.3 Å². The fraction of sp³-hybridized carbons (Fsp3) is 0.529. The summed E-state index contributed by atoms with van der Waals surface area (Å²) in [6, 6.07) is 6.38. The Labute approximate surface area is 132 Å². The quantitative estimate of drug-likeness (QED) is 0.842. The molecule has 0 aromatic heterocycles. The Morgan fingerprint density at radius 1 is 1.18 bits per heavy atom. The Bertz CT molecular complexity index is 569. The fourth-order valence-electron chi connectivity index (χ4n) is 2.68. The fourth-order valence-corrected chi connectivity index (χ4v) is 2.68. The highest BCUT2D eigenvalue weighted by Crippen LogP contribution is 2.27. The van der Waals surface area contributed by atoms with Gasteiger partial charge >= 0.3 is 0 Å². The van der Waals surface area contributed by atoms with E-state index < -0.39 is 0 Å². The Morgan fingerprint density at radius 2 is 1.91 bits per heavy atom. The molecule has 1 aromatic rings. The van der Waals surface area contributed by atoms with Crippen LogP contribution in [-0.2, 0) is 16.0 Å². The smallest absolute Gasteiger partial charge is 0.242 e. The molecule has 0 bridgehead atoms. The van der Waals surface area contributed by atoms with Crippen LogP contribution in [0, 0.1) is 6.92 Å². The van der Waals surface area contributed by atoms with Crippen LogP contribution in [0.25, 0.3) is 0 Å². The van der Waals surface area contributed by atoms with Crippen molar-refractivity contribution >= 4 is 17.5 Å². The molecule has 2 rings (SSSR count). The topological polar surface area (TPSA) is 43.9 Å². The number of aryl methyl sites for hydroxylation is 2. The second-order valence-corrected chi connectivity index (χ2v) is 6.20. The minimum atomic E-state index is -0.0643. The maximum absolute atomic E-state index is 12.4. The number of carbonyl (C=O) groups excluding carboxylic acids is 2. The number of anilines is 1. The summed E-state index contributed by atoms with van der Waals surface area (Å²) in [4.78, 5) is 29.2. The van der Waals surface area contributed by atoms with Crippen LogP contribution in [0.4, 0.5) is 5.69 Å². The molecule has 0 spiro atoms. The van der Waals surface area contributed by atoms with Crippen molar-refractivity contribution in [2.75, 3.05) is 45.7 Å². The summed E-state index contributed by atoms with van der Waals surface area (Å²) in [6.07, 6.45) is 2.13. The van der Waals surface area contributed by atoms with E-state index in [2.05, 4.69) is 30.0 Å². The Morgan fingerprint density at radius 3 is 2.59 bits per heavy atom. The second kappa shape index (κ2) is 6.81. The summed E-state index contributed by atoms with van der Waals surface area (Å²) in [5, 5.41) is 0. The monoisotopic (exact) mass is 303 g/mol. The number of fused-ring (bicyclic) bond motifs is 1. The van der Waals surface area contributed by atoms with Gasteiger partial charge < -0.3 is 14.7 Å². The first kappa shape index (κ1) is 16.3. The van der Waals surface area contributed by atoms with Crippen molar-refractivity contribution in [3.8, 4) is 0 Å². The number of amides is 2. The molecular weight excluding hydrogens is 278 g/mol. The summed E-state index contributed by atoms with van der Waals surface area (Å²) in [6.45, 7) is 3.43. The molecule has 0 N–H and O–H groups in total. The Kier molecular flexibility index (Phi) is 5.06. The number of benzene rings is 1. The van der Waals surface area contributed by atoms with Crippen LogP contribution >= 0.6 is 0 Å². The minimum Gasteiger partial charge on any atom is -0.362 e. The molecule has 1 heterocycles. The van der Waals surface area contributed by atoms with Crippen molar-refractivity contribution in [2.24, 2.45) is 0 Å². The van der Waals surface area contributed by atoms with Crippen LogP contribution in [0.1, 0.15) is 17.5 Å². The number of likely N-dealkylation sites (N-methyl/N-ethyl adjacent to an activating group) is 2. The van der Waals surface area contributed by atoms with Crippen molar-refractivity contribution < 1.29 is 9.59 Å². The van der Waals surface area contributed by atoms with Crippen LogP contribution < -0.4 is 4.90 Å². The van der Waals surface area contributed by atoms with Crippen LogP contribution in [0.15, 0.2) is 18.2 Å². The Balaban J connectivity index is 2.02. The van der Waals surface area contributed by atoms with Gasteiger partial charge in [-0.1, -0.05) is 17.7 Å². The summed E-state index contributed by atoms with van der Waals surface area (Å²) in [5.41, 5.74) is 3.71. The van der Waals surface area contributed by atoms with Gasteiger partial charge in [0.2, 0.25) is 11.8 Å². The number of nitrogens with zero attached hydrogens (tertiary/aromatic N) is 3. The molecule has 1 aliphatic rings. The first-order valence-electron chi connectivity index (χ1n) is 7.67. The van der Waals surface area contributed by atoms with E-state index in [4.69, 9.17) is 0 Å². The lowest BCUT2D eigenvalue weighted by atomic mass is 9.99. The highest BCUT2D eigenvalue weighted by Gasteiger charge is 2.21. The van der Waals surface area contributed by atoms with Crippen LogP contribution in [0.5, 0.6) is 0 Å². The van der Waals surface area contributed by atoms with Gasteiger partial charge in [-0.05, 0) is 31.4 Å². The van der Waals surface area contributed by atoms with Gasteiger partial charge in [-0.25, -0.2) is 0 Å². The van der Waals surface area contributed by atoms with E-state index in [9.17, 15) is 9.59 Å². The van der Waals surface area contributed by atoms with Gasteiger partial charge in [0.15, 0.2) is 0 Å². The molecule has 0 radical (unpaired) electrons. The first-order chi connectivity index (χ1) is 10.4. The van der Waals surface area contributed by atoms with E-state index in [1.54, 1.807) is 21.1 Å². The molecular formula is C17H25N3O2. The maximum Gasteiger partial charge on any atom is 0.242 e. The van der Waals surface area contributed by atoms with E-state index in [-0.39, 0.29) is 18.4 Å². The predicted octanol–water partition coefficient (Wildman–Crippen LogP) is 1.29. The van der Waals surface area contributed by atoms with Crippen molar-refractivity contribution in [1.29, 1.82) is 0 Å². The van der Waals surface area contributed by atoms with Gasteiger partial charge in [-0.2, -0.15) is 0 Å². The summed E-state index contributed by atoms with van der Waals surface area (Å²) in [5.74, 6) is -0.0888. The highest BCUT2D eigenvalue weighted by atomic mass is 16.2. The van der Waals surface area contributed by atoms with Gasteiger partial charge in [0.05, 0.1) is 13.1 Å². The minimum absolute atomic E-state index is 0.0244. The van der Waals surface area contributed by atoms with Crippen molar-refractivity contribution in [3.63, 3.8) is 0 Å². The second-order valence-electron chi connectivity index (χ2n) is 6.20. The largest absolute Gasteiger partial charge is 0.362 e. The van der Waals surface area contributed by atoms with Crippen molar-refractivity contribution in [2.45, 2.75) is 19.8 Å². The van der Waals surface area contributed by atoms with E-state index in [0.717, 1.165) is 25.1 Å². The molecule has 120 valence electrons. The zero-order valence-electron chi connectivity index (χ0n) is 13.9. The average molecular weight is 303 g/mol. The third-order valence-electron chi connectivity index (χ3n) is 4.07. The van der Waals surface area contributed by atoms with Crippen molar-refractivity contribution in [1.82, 2.24) is 9.80 Å². The van der Waals surface area contributed by atoms with E-state index in [1.165, 1.54) is 20.9 Å². The molecule has 0 atom stereocenters. The molecule has 1 aromatic carbocycles. The van der Waals surface area contributed by atoms with Gasteiger partial charge in [-0.15, -0.1) is 0 Å².